The Kier molecular flexibility index (Phi) is 5.11. The van der Waals surface area contributed by atoms with Crippen LogP contribution >= 0.6 is 0 Å². The first-order chi connectivity index (χ1) is 7.97. The van der Waals surface area contributed by atoms with Gasteiger partial charge in [0.1, 0.15) is 0 Å². The zero-order valence-corrected chi connectivity index (χ0v) is 10.6. The van der Waals surface area contributed by atoms with Crippen molar-refractivity contribution >= 4 is 5.97 Å². The first kappa shape index (κ1) is 13.7. The molecule has 0 saturated carbocycles. The quantitative estimate of drug-likeness (QED) is 0.719. The summed E-state index contributed by atoms with van der Waals surface area (Å²) in [5, 5.41) is 13.1. The second-order valence-corrected chi connectivity index (χ2v) is 4.39. The summed E-state index contributed by atoms with van der Waals surface area (Å²) in [6.07, 6.45) is 1.86. The lowest BCUT2D eigenvalue weighted by molar-refractivity contribution is -0.138. The van der Waals surface area contributed by atoms with Crippen LogP contribution in [0.3, 0.4) is 0 Å². The van der Waals surface area contributed by atoms with Crippen molar-refractivity contribution in [3.63, 3.8) is 0 Å². The van der Waals surface area contributed by atoms with E-state index >= 15 is 0 Å². The van der Waals surface area contributed by atoms with Gasteiger partial charge in [0.05, 0.1) is 12.2 Å². The SMILES string of the molecule is CN(C)CCN(CC(=O)O)Cc1ccn(C)n1. The Balaban J connectivity index is 2.53. The summed E-state index contributed by atoms with van der Waals surface area (Å²) in [7, 11) is 5.80. The number of hydrogen-bond donors (Lipinski definition) is 1. The molecule has 0 aliphatic carbocycles. The molecule has 0 saturated heterocycles. The van der Waals surface area contributed by atoms with Crippen LogP contribution in [0.1, 0.15) is 5.69 Å². The van der Waals surface area contributed by atoms with E-state index in [0.29, 0.717) is 6.54 Å². The highest BCUT2D eigenvalue weighted by Gasteiger charge is 2.11. The van der Waals surface area contributed by atoms with Crippen LogP contribution in [0.5, 0.6) is 0 Å². The average molecular weight is 240 g/mol. The van der Waals surface area contributed by atoms with Crippen LogP contribution in [0, 0.1) is 0 Å². The Morgan fingerprint density at radius 3 is 2.65 bits per heavy atom. The van der Waals surface area contributed by atoms with E-state index in [1.54, 1.807) is 4.68 Å². The van der Waals surface area contributed by atoms with Crippen molar-refractivity contribution in [2.45, 2.75) is 6.54 Å². The fourth-order valence-corrected chi connectivity index (χ4v) is 1.52. The van der Waals surface area contributed by atoms with Crippen molar-refractivity contribution in [3.05, 3.63) is 18.0 Å². The highest BCUT2D eigenvalue weighted by Crippen LogP contribution is 2.01. The summed E-state index contributed by atoms with van der Waals surface area (Å²) < 4.78 is 1.72. The largest absolute Gasteiger partial charge is 0.480 e. The molecule has 0 spiro atoms. The summed E-state index contributed by atoms with van der Waals surface area (Å²) in [5.41, 5.74) is 0.896. The van der Waals surface area contributed by atoms with Gasteiger partial charge in [0.15, 0.2) is 0 Å². The van der Waals surface area contributed by atoms with E-state index in [9.17, 15) is 4.79 Å². The van der Waals surface area contributed by atoms with Crippen LogP contribution < -0.4 is 0 Å². The third-order valence-electron chi connectivity index (χ3n) is 2.38. The van der Waals surface area contributed by atoms with E-state index < -0.39 is 5.97 Å². The van der Waals surface area contributed by atoms with Gasteiger partial charge in [-0.25, -0.2) is 0 Å². The van der Waals surface area contributed by atoms with E-state index in [4.69, 9.17) is 5.11 Å². The summed E-state index contributed by atoms with van der Waals surface area (Å²) in [4.78, 5) is 14.7. The average Bonchev–Trinajstić information content (AvgIpc) is 2.59. The maximum absolute atomic E-state index is 10.8. The molecule has 1 N–H and O–H groups in total. The number of aryl methyl sites for hydroxylation is 1. The molecule has 0 atom stereocenters. The predicted octanol–water partition coefficient (Wildman–Crippen LogP) is -0.132. The van der Waals surface area contributed by atoms with Crippen LogP contribution in [0.2, 0.25) is 0 Å². The molecule has 0 fully saturated rings. The zero-order chi connectivity index (χ0) is 12.8. The van der Waals surface area contributed by atoms with Gasteiger partial charge >= 0.3 is 5.97 Å². The molecule has 1 aromatic heterocycles. The first-order valence-electron chi connectivity index (χ1n) is 5.55. The van der Waals surface area contributed by atoms with Crippen LogP contribution in [0.4, 0.5) is 0 Å². The molecule has 0 radical (unpaired) electrons. The molecule has 1 aromatic rings. The number of nitrogens with zero attached hydrogens (tertiary/aromatic N) is 4. The molecule has 17 heavy (non-hydrogen) atoms. The lowest BCUT2D eigenvalue weighted by Crippen LogP contribution is -2.35. The molecule has 0 unspecified atom stereocenters. The number of aliphatic carboxylic acids is 1. The van der Waals surface area contributed by atoms with Crippen molar-refractivity contribution in [1.29, 1.82) is 0 Å². The number of hydrogen-bond acceptors (Lipinski definition) is 4. The fourth-order valence-electron chi connectivity index (χ4n) is 1.52. The minimum absolute atomic E-state index is 0.0460. The van der Waals surface area contributed by atoms with Crippen LogP contribution in [0.15, 0.2) is 12.3 Å². The monoisotopic (exact) mass is 240 g/mol. The van der Waals surface area contributed by atoms with Crippen molar-refractivity contribution in [1.82, 2.24) is 19.6 Å². The van der Waals surface area contributed by atoms with Crippen molar-refractivity contribution < 1.29 is 9.90 Å². The van der Waals surface area contributed by atoms with Gasteiger partial charge in [-0.3, -0.25) is 14.4 Å². The van der Waals surface area contributed by atoms with E-state index in [2.05, 4.69) is 5.10 Å². The highest BCUT2D eigenvalue weighted by molar-refractivity contribution is 5.69. The van der Waals surface area contributed by atoms with Gasteiger partial charge < -0.3 is 10.0 Å². The van der Waals surface area contributed by atoms with Crippen molar-refractivity contribution in [2.75, 3.05) is 33.7 Å². The summed E-state index contributed by atoms with van der Waals surface area (Å²) >= 11 is 0. The van der Waals surface area contributed by atoms with Gasteiger partial charge in [0.2, 0.25) is 0 Å². The predicted molar refractivity (Wildman–Crippen MR) is 64.7 cm³/mol. The second-order valence-electron chi connectivity index (χ2n) is 4.39. The Hall–Kier alpha value is -1.40. The maximum atomic E-state index is 10.8. The van der Waals surface area contributed by atoms with Gasteiger partial charge in [-0.15, -0.1) is 0 Å². The van der Waals surface area contributed by atoms with Crippen LogP contribution in [0.25, 0.3) is 0 Å². The number of likely N-dealkylation sites (N-methyl/N-ethyl adjacent to an activating group) is 1. The van der Waals surface area contributed by atoms with E-state index in [0.717, 1.165) is 18.8 Å². The second kappa shape index (κ2) is 6.36. The lowest BCUT2D eigenvalue weighted by atomic mass is 10.3. The van der Waals surface area contributed by atoms with Gasteiger partial charge in [-0.05, 0) is 20.2 Å². The van der Waals surface area contributed by atoms with Gasteiger partial charge in [0.25, 0.3) is 0 Å². The molecule has 6 nitrogen and oxygen atoms in total. The Morgan fingerprint density at radius 1 is 1.47 bits per heavy atom. The minimum atomic E-state index is -0.806. The Morgan fingerprint density at radius 2 is 2.18 bits per heavy atom. The Labute approximate surface area is 101 Å². The molecule has 0 aliphatic heterocycles. The third-order valence-corrected chi connectivity index (χ3v) is 2.38. The van der Waals surface area contributed by atoms with Crippen LogP contribution in [-0.4, -0.2) is 64.4 Å². The molecule has 0 amide bonds. The minimum Gasteiger partial charge on any atom is -0.480 e. The first-order valence-corrected chi connectivity index (χ1v) is 5.55. The molecule has 1 rings (SSSR count). The topological polar surface area (TPSA) is 61.6 Å². The summed E-state index contributed by atoms with van der Waals surface area (Å²) in [6, 6.07) is 1.91. The van der Waals surface area contributed by atoms with Gasteiger partial charge in [-0.1, -0.05) is 0 Å². The highest BCUT2D eigenvalue weighted by atomic mass is 16.4. The van der Waals surface area contributed by atoms with E-state index in [1.165, 1.54) is 0 Å². The van der Waals surface area contributed by atoms with E-state index in [1.807, 2.05) is 43.2 Å². The normalized spacial score (nSPS) is 11.4. The lowest BCUT2D eigenvalue weighted by Gasteiger charge is -2.21. The molecule has 0 aliphatic rings. The molecule has 0 aromatic carbocycles. The number of carboxylic acid groups (broad SMARTS) is 1. The summed E-state index contributed by atoms with van der Waals surface area (Å²) in [6.45, 7) is 2.17. The number of carboxylic acids is 1. The molecular formula is C11H20N4O2. The smallest absolute Gasteiger partial charge is 0.317 e. The number of carbonyl (C=O) groups is 1. The molecule has 6 heteroatoms. The molecular weight excluding hydrogens is 220 g/mol. The van der Waals surface area contributed by atoms with E-state index in [-0.39, 0.29) is 6.54 Å². The van der Waals surface area contributed by atoms with Crippen molar-refractivity contribution in [3.8, 4) is 0 Å². The molecule has 0 bridgehead atoms. The zero-order valence-electron chi connectivity index (χ0n) is 10.6. The van der Waals surface area contributed by atoms with Crippen molar-refractivity contribution in [2.24, 2.45) is 7.05 Å². The maximum Gasteiger partial charge on any atom is 0.317 e. The fraction of sp³-hybridized carbons (Fsp3) is 0.636. The molecule has 1 heterocycles. The van der Waals surface area contributed by atoms with Gasteiger partial charge in [-0.2, -0.15) is 5.10 Å². The van der Waals surface area contributed by atoms with Crippen LogP contribution in [-0.2, 0) is 18.4 Å². The Bertz CT molecular complexity index is 362. The number of aromatic nitrogens is 2. The summed E-state index contributed by atoms with van der Waals surface area (Å²) in [5.74, 6) is -0.806. The third kappa shape index (κ3) is 5.46. The standard InChI is InChI=1S/C11H20N4O2/c1-13(2)6-7-15(9-11(16)17)8-10-4-5-14(3)12-10/h4-5H,6-9H2,1-3H3,(H,16,17). The number of rotatable bonds is 7. The van der Waals surface area contributed by atoms with Gasteiger partial charge in [0, 0.05) is 32.9 Å². The molecule has 96 valence electrons.